The standard InChI is InChI=1S/C15H26N2O2S/c1-12-7-9-13(10-8-12)20(18,19)17-16-15(5,6)11-14(2,3)4/h7-10,16-17H,11H2,1-6H3. The lowest BCUT2D eigenvalue weighted by Crippen LogP contribution is -2.52. The normalized spacial score (nSPS) is 13.5. The number of hydrogen-bond acceptors (Lipinski definition) is 3. The highest BCUT2D eigenvalue weighted by Crippen LogP contribution is 2.26. The fourth-order valence-corrected chi connectivity index (χ4v) is 3.37. The maximum Gasteiger partial charge on any atom is 0.253 e. The fraction of sp³-hybridized carbons (Fsp3) is 0.600. The number of sulfonamides is 1. The highest BCUT2D eigenvalue weighted by molar-refractivity contribution is 7.89. The molecule has 0 unspecified atom stereocenters. The van der Waals surface area contributed by atoms with E-state index < -0.39 is 10.0 Å². The summed E-state index contributed by atoms with van der Waals surface area (Å²) in [7, 11) is -3.53. The van der Waals surface area contributed by atoms with Crippen molar-refractivity contribution in [3.05, 3.63) is 29.8 Å². The molecular weight excluding hydrogens is 272 g/mol. The minimum atomic E-state index is -3.53. The Morgan fingerprint density at radius 1 is 1.00 bits per heavy atom. The van der Waals surface area contributed by atoms with Gasteiger partial charge < -0.3 is 0 Å². The van der Waals surface area contributed by atoms with Crippen LogP contribution >= 0.6 is 0 Å². The number of hydrogen-bond donors (Lipinski definition) is 2. The van der Waals surface area contributed by atoms with E-state index in [1.165, 1.54) is 0 Å². The van der Waals surface area contributed by atoms with Gasteiger partial charge in [-0.05, 0) is 44.7 Å². The van der Waals surface area contributed by atoms with Gasteiger partial charge in [0.1, 0.15) is 0 Å². The Kier molecular flexibility index (Phi) is 5.00. The Hall–Kier alpha value is -0.910. The van der Waals surface area contributed by atoms with Crippen molar-refractivity contribution in [3.8, 4) is 0 Å². The summed E-state index contributed by atoms with van der Waals surface area (Å²) in [4.78, 5) is 2.75. The first-order chi connectivity index (χ1) is 8.91. The number of benzene rings is 1. The Morgan fingerprint density at radius 2 is 1.50 bits per heavy atom. The van der Waals surface area contributed by atoms with E-state index in [0.29, 0.717) is 0 Å². The van der Waals surface area contributed by atoms with Crippen molar-refractivity contribution in [1.29, 1.82) is 0 Å². The van der Waals surface area contributed by atoms with Gasteiger partial charge in [0.15, 0.2) is 0 Å². The monoisotopic (exact) mass is 298 g/mol. The van der Waals surface area contributed by atoms with E-state index in [0.717, 1.165) is 12.0 Å². The second-order valence-corrected chi connectivity index (χ2v) is 8.85. The SMILES string of the molecule is Cc1ccc(S(=O)(=O)NNC(C)(C)CC(C)(C)C)cc1. The number of hydrazine groups is 1. The van der Waals surface area contributed by atoms with Crippen LogP contribution in [0.3, 0.4) is 0 Å². The van der Waals surface area contributed by atoms with E-state index in [-0.39, 0.29) is 15.8 Å². The Bertz CT molecular complexity index is 540. The Labute approximate surface area is 123 Å². The fourth-order valence-electron chi connectivity index (χ4n) is 2.35. The molecule has 1 rings (SSSR count). The predicted molar refractivity (Wildman–Crippen MR) is 82.8 cm³/mol. The largest absolute Gasteiger partial charge is 0.253 e. The smallest absolute Gasteiger partial charge is 0.238 e. The van der Waals surface area contributed by atoms with Crippen molar-refractivity contribution in [1.82, 2.24) is 10.3 Å². The number of nitrogens with one attached hydrogen (secondary N) is 2. The molecule has 0 saturated carbocycles. The van der Waals surface area contributed by atoms with Crippen LogP contribution in [-0.4, -0.2) is 14.0 Å². The second kappa shape index (κ2) is 5.84. The first kappa shape index (κ1) is 17.1. The minimum absolute atomic E-state index is 0.117. The molecule has 5 heteroatoms. The van der Waals surface area contributed by atoms with Crippen molar-refractivity contribution in [2.75, 3.05) is 0 Å². The van der Waals surface area contributed by atoms with Crippen LogP contribution in [-0.2, 0) is 10.0 Å². The number of rotatable bonds is 5. The maximum atomic E-state index is 12.2. The van der Waals surface area contributed by atoms with Gasteiger partial charge in [0, 0.05) is 5.54 Å². The van der Waals surface area contributed by atoms with E-state index in [4.69, 9.17) is 0 Å². The van der Waals surface area contributed by atoms with Crippen molar-refractivity contribution in [3.63, 3.8) is 0 Å². The van der Waals surface area contributed by atoms with Crippen LogP contribution in [0.15, 0.2) is 29.2 Å². The first-order valence-corrected chi connectivity index (χ1v) is 8.25. The molecule has 0 fully saturated rings. The van der Waals surface area contributed by atoms with Gasteiger partial charge in [-0.3, -0.25) is 0 Å². The lowest BCUT2D eigenvalue weighted by molar-refractivity contribution is 0.234. The molecule has 0 spiro atoms. The van der Waals surface area contributed by atoms with Crippen LogP contribution < -0.4 is 10.3 Å². The molecule has 0 saturated heterocycles. The van der Waals surface area contributed by atoms with E-state index in [2.05, 4.69) is 31.0 Å². The predicted octanol–water partition coefficient (Wildman–Crippen LogP) is 2.99. The van der Waals surface area contributed by atoms with Gasteiger partial charge in [0.2, 0.25) is 0 Å². The highest BCUT2D eigenvalue weighted by Gasteiger charge is 2.27. The van der Waals surface area contributed by atoms with Crippen LogP contribution in [0.25, 0.3) is 0 Å². The van der Waals surface area contributed by atoms with Gasteiger partial charge in [-0.2, -0.15) is 0 Å². The molecule has 4 nitrogen and oxygen atoms in total. The van der Waals surface area contributed by atoms with E-state index in [9.17, 15) is 8.42 Å². The third kappa shape index (κ3) is 5.61. The molecule has 0 bridgehead atoms. The molecule has 1 aromatic rings. The van der Waals surface area contributed by atoms with Crippen LogP contribution in [0.2, 0.25) is 0 Å². The van der Waals surface area contributed by atoms with Crippen LogP contribution in [0.4, 0.5) is 0 Å². The molecule has 0 atom stereocenters. The van der Waals surface area contributed by atoms with Gasteiger partial charge in [0.05, 0.1) is 4.90 Å². The third-order valence-corrected chi connectivity index (χ3v) is 4.09. The quantitative estimate of drug-likeness (QED) is 0.822. The average Bonchev–Trinajstić information content (AvgIpc) is 2.24. The topological polar surface area (TPSA) is 58.2 Å². The van der Waals surface area contributed by atoms with Crippen LogP contribution in [0.1, 0.15) is 46.6 Å². The minimum Gasteiger partial charge on any atom is -0.238 e. The van der Waals surface area contributed by atoms with Crippen LogP contribution in [0.5, 0.6) is 0 Å². The summed E-state index contributed by atoms with van der Waals surface area (Å²) in [6, 6.07) is 6.79. The van der Waals surface area contributed by atoms with E-state index >= 15 is 0 Å². The molecule has 0 aliphatic rings. The summed E-state index contributed by atoms with van der Waals surface area (Å²) in [6.07, 6.45) is 0.844. The van der Waals surface area contributed by atoms with Gasteiger partial charge in [-0.25, -0.2) is 13.8 Å². The zero-order valence-electron chi connectivity index (χ0n) is 13.2. The van der Waals surface area contributed by atoms with Gasteiger partial charge in [0.25, 0.3) is 10.0 Å². The van der Waals surface area contributed by atoms with Gasteiger partial charge in [-0.15, -0.1) is 4.83 Å². The van der Waals surface area contributed by atoms with Crippen molar-refractivity contribution in [2.45, 2.75) is 58.4 Å². The van der Waals surface area contributed by atoms with Gasteiger partial charge in [-0.1, -0.05) is 38.5 Å². The maximum absolute atomic E-state index is 12.2. The Balaban J connectivity index is 2.75. The molecule has 1 aromatic carbocycles. The molecule has 0 amide bonds. The molecule has 0 aliphatic carbocycles. The van der Waals surface area contributed by atoms with Gasteiger partial charge >= 0.3 is 0 Å². The summed E-state index contributed by atoms with van der Waals surface area (Å²) < 4.78 is 24.4. The molecule has 0 heterocycles. The zero-order valence-corrected chi connectivity index (χ0v) is 14.1. The molecule has 114 valence electrons. The van der Waals surface area contributed by atoms with Crippen molar-refractivity contribution >= 4 is 10.0 Å². The lowest BCUT2D eigenvalue weighted by atomic mass is 9.82. The second-order valence-electron chi connectivity index (χ2n) is 7.16. The summed E-state index contributed by atoms with van der Waals surface area (Å²) in [5.74, 6) is 0. The highest BCUT2D eigenvalue weighted by atomic mass is 32.2. The summed E-state index contributed by atoms with van der Waals surface area (Å²) in [5, 5.41) is 0. The Morgan fingerprint density at radius 3 is 1.95 bits per heavy atom. The van der Waals surface area contributed by atoms with Crippen LogP contribution in [0, 0.1) is 12.3 Å². The van der Waals surface area contributed by atoms with E-state index in [1.54, 1.807) is 24.3 Å². The first-order valence-electron chi connectivity index (χ1n) is 6.77. The average molecular weight is 298 g/mol. The third-order valence-electron chi connectivity index (χ3n) is 2.83. The summed E-state index contributed by atoms with van der Waals surface area (Å²) >= 11 is 0. The molecule has 0 aliphatic heterocycles. The molecular formula is C15H26N2O2S. The summed E-state index contributed by atoms with van der Waals surface area (Å²) in [5.41, 5.74) is 3.76. The molecule has 2 N–H and O–H groups in total. The molecule has 20 heavy (non-hydrogen) atoms. The lowest BCUT2D eigenvalue weighted by Gasteiger charge is -2.33. The molecule has 0 aromatic heterocycles. The van der Waals surface area contributed by atoms with E-state index in [1.807, 2.05) is 20.8 Å². The zero-order chi connectivity index (χ0) is 15.6. The summed E-state index contributed by atoms with van der Waals surface area (Å²) in [6.45, 7) is 12.3. The molecule has 0 radical (unpaired) electrons. The van der Waals surface area contributed by atoms with Crippen molar-refractivity contribution < 1.29 is 8.42 Å². The number of aryl methyl sites for hydroxylation is 1. The van der Waals surface area contributed by atoms with Crippen molar-refractivity contribution in [2.24, 2.45) is 5.41 Å².